The molecule has 0 unspecified atom stereocenters. The summed E-state index contributed by atoms with van der Waals surface area (Å²) in [6.07, 6.45) is 5.84. The van der Waals surface area contributed by atoms with Gasteiger partial charge in [-0.3, -0.25) is 9.78 Å². The molecule has 23 heavy (non-hydrogen) atoms. The fraction of sp³-hybridized carbons (Fsp3) is 0.143. The maximum Gasteiger partial charge on any atom is 0.387 e. The predicted molar refractivity (Wildman–Crippen MR) is 75.0 cm³/mol. The average molecular weight is 319 g/mol. The average Bonchev–Trinajstić information content (AvgIpc) is 2.97. The third kappa shape index (κ3) is 3.39. The van der Waals surface area contributed by atoms with E-state index in [4.69, 9.17) is 0 Å². The Morgan fingerprint density at radius 3 is 2.91 bits per heavy atom. The number of nitrogens with zero attached hydrogens (tertiary/aromatic N) is 4. The fourth-order valence-electron chi connectivity index (χ4n) is 1.94. The molecular weight excluding hydrogens is 308 g/mol. The zero-order chi connectivity index (χ0) is 16.2. The Kier molecular flexibility index (Phi) is 4.09. The Morgan fingerprint density at radius 1 is 1.30 bits per heavy atom. The number of carbonyl (C=O) groups excluding carboxylic acids is 1. The van der Waals surface area contributed by atoms with Crippen LogP contribution in [0.1, 0.15) is 16.1 Å². The van der Waals surface area contributed by atoms with Crippen LogP contribution in [0.15, 0.2) is 43.0 Å². The molecule has 0 fully saturated rings. The minimum absolute atomic E-state index is 0.0399. The second kappa shape index (κ2) is 6.34. The van der Waals surface area contributed by atoms with Crippen LogP contribution in [0.25, 0.3) is 5.65 Å². The quantitative estimate of drug-likeness (QED) is 0.773. The highest BCUT2D eigenvalue weighted by atomic mass is 19.3. The lowest BCUT2D eigenvalue weighted by Crippen LogP contribution is -2.23. The zero-order valence-corrected chi connectivity index (χ0v) is 11.7. The van der Waals surface area contributed by atoms with E-state index in [0.717, 1.165) is 0 Å². The molecule has 3 aromatic heterocycles. The van der Waals surface area contributed by atoms with Gasteiger partial charge in [-0.15, -0.1) is 0 Å². The lowest BCUT2D eigenvalue weighted by molar-refractivity contribution is -0.0500. The van der Waals surface area contributed by atoms with E-state index in [0.29, 0.717) is 16.9 Å². The van der Waals surface area contributed by atoms with Gasteiger partial charge in [0.2, 0.25) is 0 Å². The minimum Gasteiger partial charge on any atom is -0.433 e. The summed E-state index contributed by atoms with van der Waals surface area (Å²) >= 11 is 0. The van der Waals surface area contributed by atoms with Gasteiger partial charge in [0.25, 0.3) is 5.91 Å². The summed E-state index contributed by atoms with van der Waals surface area (Å²) in [7, 11) is 0. The second-order valence-corrected chi connectivity index (χ2v) is 4.49. The van der Waals surface area contributed by atoms with Crippen molar-refractivity contribution < 1.29 is 18.3 Å². The Labute approximate surface area is 128 Å². The molecule has 3 rings (SSSR count). The van der Waals surface area contributed by atoms with E-state index in [1.54, 1.807) is 18.5 Å². The number of rotatable bonds is 5. The number of amides is 1. The van der Waals surface area contributed by atoms with E-state index in [1.165, 1.54) is 29.0 Å². The fourth-order valence-corrected chi connectivity index (χ4v) is 1.94. The highest BCUT2D eigenvalue weighted by Crippen LogP contribution is 2.12. The molecule has 0 aliphatic heterocycles. The van der Waals surface area contributed by atoms with Crippen molar-refractivity contribution in [1.29, 1.82) is 0 Å². The number of ether oxygens (including phenoxy) is 1. The van der Waals surface area contributed by atoms with Gasteiger partial charge in [-0.1, -0.05) is 0 Å². The first kappa shape index (κ1) is 14.8. The molecule has 1 amide bonds. The molecular formula is C14H11F2N5O2. The summed E-state index contributed by atoms with van der Waals surface area (Å²) in [4.78, 5) is 20.2. The topological polar surface area (TPSA) is 81.4 Å². The molecule has 0 saturated carbocycles. The van der Waals surface area contributed by atoms with E-state index < -0.39 is 6.61 Å². The lowest BCUT2D eigenvalue weighted by Gasteiger charge is -2.06. The van der Waals surface area contributed by atoms with Crippen molar-refractivity contribution in [3.63, 3.8) is 0 Å². The van der Waals surface area contributed by atoms with Crippen LogP contribution in [-0.4, -0.2) is 32.1 Å². The van der Waals surface area contributed by atoms with Crippen molar-refractivity contribution in [2.45, 2.75) is 13.2 Å². The maximum atomic E-state index is 12.1. The molecule has 0 aromatic carbocycles. The largest absolute Gasteiger partial charge is 0.433 e. The Bertz CT molecular complexity index is 819. The van der Waals surface area contributed by atoms with Gasteiger partial charge >= 0.3 is 6.61 Å². The monoisotopic (exact) mass is 319 g/mol. The molecule has 0 radical (unpaired) electrons. The predicted octanol–water partition coefficient (Wildman–Crippen LogP) is 1.66. The van der Waals surface area contributed by atoms with Crippen LogP contribution >= 0.6 is 0 Å². The van der Waals surface area contributed by atoms with Crippen LogP contribution in [0.3, 0.4) is 0 Å². The van der Waals surface area contributed by atoms with Crippen LogP contribution < -0.4 is 10.1 Å². The Hall–Kier alpha value is -3.10. The van der Waals surface area contributed by atoms with Crippen molar-refractivity contribution in [3.8, 4) is 5.75 Å². The van der Waals surface area contributed by atoms with Crippen LogP contribution in [-0.2, 0) is 6.54 Å². The molecule has 1 N–H and O–H groups in total. The molecule has 3 aromatic rings. The van der Waals surface area contributed by atoms with E-state index in [-0.39, 0.29) is 18.2 Å². The van der Waals surface area contributed by atoms with E-state index >= 15 is 0 Å². The van der Waals surface area contributed by atoms with Crippen LogP contribution in [0.2, 0.25) is 0 Å². The number of fused-ring (bicyclic) bond motifs is 1. The SMILES string of the molecule is O=C(NCc1ccc(OC(F)F)cn1)c1cnn2cccnc12. The molecule has 0 spiro atoms. The number of hydrogen-bond acceptors (Lipinski definition) is 5. The Morgan fingerprint density at radius 2 is 2.17 bits per heavy atom. The van der Waals surface area contributed by atoms with Gasteiger partial charge in [0.15, 0.2) is 5.65 Å². The lowest BCUT2D eigenvalue weighted by atomic mass is 10.3. The van der Waals surface area contributed by atoms with Crippen molar-refractivity contribution in [3.05, 3.63) is 54.2 Å². The molecule has 0 aliphatic carbocycles. The van der Waals surface area contributed by atoms with Crippen LogP contribution in [0, 0.1) is 0 Å². The molecule has 7 nitrogen and oxygen atoms in total. The summed E-state index contributed by atoms with van der Waals surface area (Å²) in [6.45, 7) is -2.76. The first-order valence-electron chi connectivity index (χ1n) is 6.60. The molecule has 0 saturated heterocycles. The standard InChI is InChI=1S/C14H11F2N5O2/c15-14(16)23-10-3-2-9(18-7-10)6-19-13(22)11-8-20-21-5-1-4-17-12(11)21/h1-5,7-8,14H,6H2,(H,19,22). The third-order valence-electron chi connectivity index (χ3n) is 2.98. The first-order chi connectivity index (χ1) is 11.1. The number of hydrogen-bond donors (Lipinski definition) is 1. The van der Waals surface area contributed by atoms with Gasteiger partial charge in [0.1, 0.15) is 11.3 Å². The van der Waals surface area contributed by atoms with Gasteiger partial charge in [-0.25, -0.2) is 9.50 Å². The molecule has 0 atom stereocenters. The number of pyridine rings is 1. The third-order valence-corrected chi connectivity index (χ3v) is 2.98. The molecule has 118 valence electrons. The molecule has 9 heteroatoms. The molecule has 0 bridgehead atoms. The zero-order valence-electron chi connectivity index (χ0n) is 11.7. The van der Waals surface area contributed by atoms with Crippen molar-refractivity contribution in [2.75, 3.05) is 0 Å². The molecule has 3 heterocycles. The van der Waals surface area contributed by atoms with Crippen molar-refractivity contribution >= 4 is 11.6 Å². The van der Waals surface area contributed by atoms with Crippen LogP contribution in [0.4, 0.5) is 8.78 Å². The number of nitrogens with one attached hydrogen (secondary N) is 1. The smallest absolute Gasteiger partial charge is 0.387 e. The summed E-state index contributed by atoms with van der Waals surface area (Å²) in [5, 5.41) is 6.69. The van der Waals surface area contributed by atoms with Gasteiger partial charge < -0.3 is 10.1 Å². The van der Waals surface area contributed by atoms with Crippen LogP contribution in [0.5, 0.6) is 5.75 Å². The van der Waals surface area contributed by atoms with Crippen molar-refractivity contribution in [2.24, 2.45) is 0 Å². The minimum atomic E-state index is -2.90. The summed E-state index contributed by atoms with van der Waals surface area (Å²) < 4.78 is 29.8. The normalized spacial score (nSPS) is 10.9. The number of carbonyl (C=O) groups is 1. The second-order valence-electron chi connectivity index (χ2n) is 4.49. The van der Waals surface area contributed by atoms with E-state index in [9.17, 15) is 13.6 Å². The number of aromatic nitrogens is 4. The highest BCUT2D eigenvalue weighted by molar-refractivity contribution is 5.99. The maximum absolute atomic E-state index is 12.1. The summed E-state index contributed by atoms with van der Waals surface area (Å²) in [5.74, 6) is -0.393. The highest BCUT2D eigenvalue weighted by Gasteiger charge is 2.13. The molecule has 0 aliphatic rings. The van der Waals surface area contributed by atoms with Gasteiger partial charge in [-0.05, 0) is 18.2 Å². The number of halogens is 2. The summed E-state index contributed by atoms with van der Waals surface area (Å²) in [5.41, 5.74) is 1.28. The van der Waals surface area contributed by atoms with Gasteiger partial charge in [0, 0.05) is 12.4 Å². The number of alkyl halides is 2. The van der Waals surface area contributed by atoms with E-state index in [1.807, 2.05) is 0 Å². The first-order valence-corrected chi connectivity index (χ1v) is 6.60. The van der Waals surface area contributed by atoms with Crippen molar-refractivity contribution in [1.82, 2.24) is 24.9 Å². The van der Waals surface area contributed by atoms with Gasteiger partial charge in [-0.2, -0.15) is 13.9 Å². The Balaban J connectivity index is 1.65. The summed E-state index contributed by atoms with van der Waals surface area (Å²) in [6, 6.07) is 4.55. The van der Waals surface area contributed by atoms with Gasteiger partial charge in [0.05, 0.1) is 24.6 Å². The van der Waals surface area contributed by atoms with E-state index in [2.05, 4.69) is 25.1 Å².